The second-order valence-corrected chi connectivity index (χ2v) is 4.59. The number of hydrogen-bond donors (Lipinski definition) is 0. The Labute approximate surface area is 125 Å². The number of amides is 1. The van der Waals surface area contributed by atoms with Gasteiger partial charge < -0.3 is 14.4 Å². The van der Waals surface area contributed by atoms with E-state index < -0.39 is 0 Å². The van der Waals surface area contributed by atoms with Crippen LogP contribution in [0.3, 0.4) is 0 Å². The van der Waals surface area contributed by atoms with Crippen LogP contribution in [0.15, 0.2) is 24.3 Å². The summed E-state index contributed by atoms with van der Waals surface area (Å²) in [6.45, 7) is 4.79. The molecule has 0 aliphatic rings. The molecule has 0 heterocycles. The zero-order chi connectivity index (χ0) is 15.7. The lowest BCUT2D eigenvalue weighted by Gasteiger charge is -2.20. The van der Waals surface area contributed by atoms with Crippen molar-refractivity contribution in [2.24, 2.45) is 0 Å². The van der Waals surface area contributed by atoms with E-state index in [9.17, 15) is 9.59 Å². The molecule has 1 amide bonds. The minimum atomic E-state index is -0.321. The number of benzene rings is 1. The predicted octanol–water partition coefficient (Wildman–Crippen LogP) is 2.04. The van der Waals surface area contributed by atoms with Crippen LogP contribution in [0.4, 0.5) is 0 Å². The van der Waals surface area contributed by atoms with Crippen LogP contribution >= 0.6 is 0 Å². The van der Waals surface area contributed by atoms with Crippen LogP contribution in [-0.2, 0) is 20.7 Å². The van der Waals surface area contributed by atoms with Crippen molar-refractivity contribution in [3.63, 3.8) is 0 Å². The molecule has 1 aromatic rings. The molecule has 5 nitrogen and oxygen atoms in total. The number of nitrogens with zero attached hydrogens (tertiary/aromatic N) is 1. The van der Waals surface area contributed by atoms with Crippen LogP contribution in [0.25, 0.3) is 0 Å². The molecule has 0 aliphatic carbocycles. The van der Waals surface area contributed by atoms with Crippen molar-refractivity contribution in [1.82, 2.24) is 4.90 Å². The average Bonchev–Trinajstić information content (AvgIpc) is 2.53. The van der Waals surface area contributed by atoms with Crippen molar-refractivity contribution in [2.45, 2.75) is 26.7 Å². The topological polar surface area (TPSA) is 55.8 Å². The summed E-state index contributed by atoms with van der Waals surface area (Å²) in [5.74, 6) is 0.229. The highest BCUT2D eigenvalue weighted by Gasteiger charge is 2.14. The molecule has 0 saturated carbocycles. The number of carbonyl (C=O) groups excluding carboxylic acids is 2. The van der Waals surface area contributed by atoms with Crippen LogP contribution in [0, 0.1) is 0 Å². The van der Waals surface area contributed by atoms with Gasteiger partial charge in [0.2, 0.25) is 0 Å². The molecular weight excluding hydrogens is 270 g/mol. The first kappa shape index (κ1) is 17.0. The standard InChI is InChI=1S/C16H23NO4/c1-4-13-7-6-8-14(11-13)21-12-15(18)17(5-2)10-9-16(19)20-3/h6-8,11H,4-5,9-10,12H2,1-3H3. The van der Waals surface area contributed by atoms with Crippen molar-refractivity contribution >= 4 is 11.9 Å². The fourth-order valence-corrected chi connectivity index (χ4v) is 1.88. The Bertz CT molecular complexity index is 473. The number of ether oxygens (including phenoxy) is 2. The molecule has 5 heteroatoms. The van der Waals surface area contributed by atoms with Gasteiger partial charge in [0.15, 0.2) is 6.61 Å². The van der Waals surface area contributed by atoms with Crippen molar-refractivity contribution in [1.29, 1.82) is 0 Å². The maximum absolute atomic E-state index is 12.1. The van der Waals surface area contributed by atoms with Gasteiger partial charge in [-0.3, -0.25) is 9.59 Å². The molecule has 1 rings (SSSR count). The summed E-state index contributed by atoms with van der Waals surface area (Å²) in [7, 11) is 1.34. The van der Waals surface area contributed by atoms with E-state index in [1.54, 1.807) is 4.90 Å². The summed E-state index contributed by atoms with van der Waals surface area (Å²) in [5.41, 5.74) is 1.16. The van der Waals surface area contributed by atoms with E-state index in [-0.39, 0.29) is 24.9 Å². The summed E-state index contributed by atoms with van der Waals surface area (Å²) in [6.07, 6.45) is 1.12. The van der Waals surface area contributed by atoms with Crippen LogP contribution in [0.5, 0.6) is 5.75 Å². The molecular formula is C16H23NO4. The highest BCUT2D eigenvalue weighted by atomic mass is 16.5. The van der Waals surface area contributed by atoms with Crippen LogP contribution in [0.2, 0.25) is 0 Å². The largest absolute Gasteiger partial charge is 0.484 e. The Morgan fingerprint density at radius 1 is 1.24 bits per heavy atom. The normalized spacial score (nSPS) is 10.0. The first-order valence-electron chi connectivity index (χ1n) is 7.17. The Morgan fingerprint density at radius 3 is 2.62 bits per heavy atom. The predicted molar refractivity (Wildman–Crippen MR) is 80.2 cm³/mol. The lowest BCUT2D eigenvalue weighted by molar-refractivity contribution is -0.142. The second kappa shape index (κ2) is 9.00. The lowest BCUT2D eigenvalue weighted by Crippen LogP contribution is -2.36. The molecule has 0 radical (unpaired) electrons. The fourth-order valence-electron chi connectivity index (χ4n) is 1.88. The van der Waals surface area contributed by atoms with Gasteiger partial charge in [0.25, 0.3) is 5.91 Å². The van der Waals surface area contributed by atoms with Crippen molar-refractivity contribution in [2.75, 3.05) is 26.8 Å². The molecule has 0 N–H and O–H groups in total. The number of rotatable bonds is 8. The number of likely N-dealkylation sites (N-methyl/N-ethyl adjacent to an activating group) is 1. The molecule has 0 spiro atoms. The number of esters is 1. The average molecular weight is 293 g/mol. The van der Waals surface area contributed by atoms with Gasteiger partial charge in [0, 0.05) is 13.1 Å². The fraction of sp³-hybridized carbons (Fsp3) is 0.500. The van der Waals surface area contributed by atoms with E-state index in [0.717, 1.165) is 12.0 Å². The van der Waals surface area contributed by atoms with Gasteiger partial charge >= 0.3 is 5.97 Å². The van der Waals surface area contributed by atoms with E-state index in [1.165, 1.54) is 7.11 Å². The van der Waals surface area contributed by atoms with Gasteiger partial charge in [-0.1, -0.05) is 19.1 Å². The molecule has 116 valence electrons. The van der Waals surface area contributed by atoms with E-state index in [1.807, 2.05) is 31.2 Å². The Hall–Kier alpha value is -2.04. The van der Waals surface area contributed by atoms with Gasteiger partial charge in [0.1, 0.15) is 5.75 Å². The molecule has 0 fully saturated rings. The Kier molecular flexibility index (Phi) is 7.29. The third-order valence-electron chi connectivity index (χ3n) is 3.22. The van der Waals surface area contributed by atoms with Crippen LogP contribution < -0.4 is 4.74 Å². The minimum absolute atomic E-state index is 0.0256. The Balaban J connectivity index is 2.48. The van der Waals surface area contributed by atoms with Crippen molar-refractivity contribution in [3.8, 4) is 5.75 Å². The van der Waals surface area contributed by atoms with Crippen molar-refractivity contribution < 1.29 is 19.1 Å². The molecule has 0 bridgehead atoms. The smallest absolute Gasteiger partial charge is 0.307 e. The zero-order valence-corrected chi connectivity index (χ0v) is 12.9. The molecule has 0 aliphatic heterocycles. The van der Waals surface area contributed by atoms with Gasteiger partial charge in [-0.05, 0) is 31.0 Å². The number of aryl methyl sites for hydroxylation is 1. The lowest BCUT2D eigenvalue weighted by atomic mass is 10.2. The van der Waals surface area contributed by atoms with E-state index in [2.05, 4.69) is 11.7 Å². The van der Waals surface area contributed by atoms with Gasteiger partial charge in [-0.2, -0.15) is 0 Å². The van der Waals surface area contributed by atoms with Crippen LogP contribution in [-0.4, -0.2) is 43.6 Å². The van der Waals surface area contributed by atoms with Crippen molar-refractivity contribution in [3.05, 3.63) is 29.8 Å². The highest BCUT2D eigenvalue weighted by molar-refractivity contribution is 5.78. The zero-order valence-electron chi connectivity index (χ0n) is 12.9. The highest BCUT2D eigenvalue weighted by Crippen LogP contribution is 2.13. The van der Waals surface area contributed by atoms with E-state index in [0.29, 0.717) is 18.8 Å². The molecule has 1 aromatic carbocycles. The summed E-state index contributed by atoms with van der Waals surface area (Å²) in [5, 5.41) is 0. The first-order valence-corrected chi connectivity index (χ1v) is 7.17. The SMILES string of the molecule is CCc1cccc(OCC(=O)N(CC)CCC(=O)OC)c1. The first-order chi connectivity index (χ1) is 10.1. The van der Waals surface area contributed by atoms with Gasteiger partial charge in [-0.25, -0.2) is 0 Å². The quantitative estimate of drug-likeness (QED) is 0.688. The van der Waals surface area contributed by atoms with Gasteiger partial charge in [0.05, 0.1) is 13.5 Å². The van der Waals surface area contributed by atoms with Gasteiger partial charge in [-0.15, -0.1) is 0 Å². The minimum Gasteiger partial charge on any atom is -0.484 e. The van der Waals surface area contributed by atoms with E-state index in [4.69, 9.17) is 4.74 Å². The maximum Gasteiger partial charge on any atom is 0.307 e. The third kappa shape index (κ3) is 5.85. The Morgan fingerprint density at radius 2 is 2.00 bits per heavy atom. The monoisotopic (exact) mass is 293 g/mol. The van der Waals surface area contributed by atoms with E-state index >= 15 is 0 Å². The summed E-state index contributed by atoms with van der Waals surface area (Å²) >= 11 is 0. The number of methoxy groups -OCH3 is 1. The summed E-state index contributed by atoms with van der Waals surface area (Å²) in [4.78, 5) is 24.7. The third-order valence-corrected chi connectivity index (χ3v) is 3.22. The molecule has 0 saturated heterocycles. The summed E-state index contributed by atoms with van der Waals surface area (Å²) < 4.78 is 10.1. The molecule has 0 atom stereocenters. The number of hydrogen-bond acceptors (Lipinski definition) is 4. The molecule has 0 aromatic heterocycles. The summed E-state index contributed by atoms with van der Waals surface area (Å²) in [6, 6.07) is 7.69. The molecule has 21 heavy (non-hydrogen) atoms. The van der Waals surface area contributed by atoms with Crippen LogP contribution in [0.1, 0.15) is 25.8 Å². The molecule has 0 unspecified atom stereocenters. The second-order valence-electron chi connectivity index (χ2n) is 4.59. The number of carbonyl (C=O) groups is 2. The maximum atomic E-state index is 12.1.